The predicted molar refractivity (Wildman–Crippen MR) is 36.0 cm³/mol. The molecule has 2 nitrogen and oxygen atoms in total. The summed E-state index contributed by atoms with van der Waals surface area (Å²) in [5.41, 5.74) is 0. The Morgan fingerprint density at radius 1 is 1.38 bits per heavy atom. The molecule has 0 amide bonds. The van der Waals surface area contributed by atoms with Gasteiger partial charge >= 0.3 is 0 Å². The fourth-order valence-corrected chi connectivity index (χ4v) is 0.163. The first-order valence-electron chi connectivity index (χ1n) is 2.66. The van der Waals surface area contributed by atoms with E-state index in [9.17, 15) is 0 Å². The van der Waals surface area contributed by atoms with Gasteiger partial charge in [-0.3, -0.25) is 0 Å². The Hall–Kier alpha value is -0.340. The minimum Gasteiger partial charge on any atom is -0.224 e. The van der Waals surface area contributed by atoms with E-state index in [-0.39, 0.29) is 0 Å². The maximum atomic E-state index is 3.68. The van der Waals surface area contributed by atoms with Crippen molar-refractivity contribution >= 4 is 0 Å². The molecule has 0 fully saturated rings. The Labute approximate surface area is 51.6 Å². The van der Waals surface area contributed by atoms with Crippen molar-refractivity contribution in [1.82, 2.24) is 5.01 Å². The molecule has 0 radical (unpaired) electrons. The molecule has 0 N–H and O–H groups in total. The minimum atomic E-state index is 0.722. The molecule has 0 atom stereocenters. The van der Waals surface area contributed by atoms with E-state index >= 15 is 0 Å². The summed E-state index contributed by atoms with van der Waals surface area (Å²) < 4.78 is 0.722. The van der Waals surface area contributed by atoms with Gasteiger partial charge in [0.05, 0.1) is 14.1 Å². The van der Waals surface area contributed by atoms with Crippen LogP contribution in [0.25, 0.3) is 0 Å². The number of rotatable bonds is 2. The molecule has 8 heavy (non-hydrogen) atoms. The van der Waals surface area contributed by atoms with Crippen molar-refractivity contribution in [2.75, 3.05) is 28.2 Å². The normalized spacial score (nSPS) is 12.1. The quantitative estimate of drug-likeness (QED) is 0.378. The van der Waals surface area contributed by atoms with Gasteiger partial charge in [0.1, 0.15) is 6.20 Å². The monoisotopic (exact) mass is 115 g/mol. The summed E-state index contributed by atoms with van der Waals surface area (Å²) in [5, 5.41) is 2.06. The molecular weight excluding hydrogens is 100 g/mol. The highest BCUT2D eigenvalue weighted by atomic mass is 15.7. The lowest BCUT2D eigenvalue weighted by Crippen LogP contribution is -2.45. The molecule has 0 spiro atoms. The first-order valence-corrected chi connectivity index (χ1v) is 2.66. The largest absolute Gasteiger partial charge is 0.224 e. The third kappa shape index (κ3) is 1.64. The molecule has 0 aliphatic rings. The smallest absolute Gasteiger partial charge is 0.108 e. The third-order valence-corrected chi connectivity index (χ3v) is 1.48. The van der Waals surface area contributed by atoms with Crippen LogP contribution in [0.5, 0.6) is 0 Å². The van der Waals surface area contributed by atoms with E-state index in [1.807, 2.05) is 20.3 Å². The van der Waals surface area contributed by atoms with Gasteiger partial charge in [0.2, 0.25) is 0 Å². The second-order valence-corrected chi connectivity index (χ2v) is 2.51. The zero-order chi connectivity index (χ0) is 6.78. The fourth-order valence-electron chi connectivity index (χ4n) is 0.163. The summed E-state index contributed by atoms with van der Waals surface area (Å²) in [6.07, 6.45) is 1.88. The van der Waals surface area contributed by atoms with Gasteiger partial charge in [0.15, 0.2) is 0 Å². The molecule has 0 aromatic carbocycles. The summed E-state index contributed by atoms with van der Waals surface area (Å²) in [5.74, 6) is 0. The summed E-state index contributed by atoms with van der Waals surface area (Å²) in [6.45, 7) is 3.68. The SMILES string of the molecule is C=C[N+](C)(C)N(C)C. The van der Waals surface area contributed by atoms with Crippen LogP contribution in [-0.2, 0) is 0 Å². The fraction of sp³-hybridized carbons (Fsp3) is 0.667. The van der Waals surface area contributed by atoms with Gasteiger partial charge in [-0.2, -0.15) is 5.01 Å². The average Bonchev–Trinajstić information content (AvgIpc) is 1.67. The lowest BCUT2D eigenvalue weighted by atomic mass is 10.7. The van der Waals surface area contributed by atoms with Gasteiger partial charge in [0, 0.05) is 14.1 Å². The maximum absolute atomic E-state index is 3.68. The van der Waals surface area contributed by atoms with E-state index < -0.39 is 0 Å². The van der Waals surface area contributed by atoms with Gasteiger partial charge in [-0.25, -0.2) is 4.59 Å². The molecule has 48 valence electrons. The molecule has 0 aromatic heterocycles. The number of hydrogen-bond acceptors (Lipinski definition) is 1. The zero-order valence-electron chi connectivity index (χ0n) is 6.18. The van der Waals surface area contributed by atoms with E-state index in [4.69, 9.17) is 0 Å². The summed E-state index contributed by atoms with van der Waals surface area (Å²) >= 11 is 0. The van der Waals surface area contributed by atoms with E-state index in [0.717, 1.165) is 4.59 Å². The van der Waals surface area contributed by atoms with Crippen LogP contribution in [0.2, 0.25) is 0 Å². The number of nitrogens with zero attached hydrogens (tertiary/aromatic N) is 2. The van der Waals surface area contributed by atoms with Crippen molar-refractivity contribution in [3.8, 4) is 0 Å². The first-order chi connectivity index (χ1) is 3.50. The molecule has 0 aromatic rings. The maximum Gasteiger partial charge on any atom is 0.108 e. The topological polar surface area (TPSA) is 3.24 Å². The van der Waals surface area contributed by atoms with Crippen molar-refractivity contribution in [3.63, 3.8) is 0 Å². The van der Waals surface area contributed by atoms with Crippen LogP contribution in [0, 0.1) is 0 Å². The second-order valence-electron chi connectivity index (χ2n) is 2.51. The van der Waals surface area contributed by atoms with Crippen molar-refractivity contribution in [2.24, 2.45) is 0 Å². The molecule has 0 rings (SSSR count). The van der Waals surface area contributed by atoms with Crippen LogP contribution in [0.3, 0.4) is 0 Å². The highest BCUT2D eigenvalue weighted by Crippen LogP contribution is 1.97. The van der Waals surface area contributed by atoms with E-state index in [0.29, 0.717) is 0 Å². The van der Waals surface area contributed by atoms with Crippen LogP contribution in [0.15, 0.2) is 12.8 Å². The molecule has 0 aliphatic carbocycles. The number of hydrogen-bond donors (Lipinski definition) is 0. The lowest BCUT2D eigenvalue weighted by Gasteiger charge is -2.30. The van der Waals surface area contributed by atoms with Crippen LogP contribution < -0.4 is 0 Å². The van der Waals surface area contributed by atoms with Crippen molar-refractivity contribution in [2.45, 2.75) is 0 Å². The Morgan fingerprint density at radius 3 is 1.75 bits per heavy atom. The lowest BCUT2D eigenvalue weighted by molar-refractivity contribution is -0.952. The zero-order valence-corrected chi connectivity index (χ0v) is 6.18. The van der Waals surface area contributed by atoms with Crippen molar-refractivity contribution in [1.29, 1.82) is 0 Å². The summed E-state index contributed by atoms with van der Waals surface area (Å²) in [6, 6.07) is 0. The second kappa shape index (κ2) is 2.29. The Morgan fingerprint density at radius 2 is 1.75 bits per heavy atom. The van der Waals surface area contributed by atoms with Crippen LogP contribution in [-0.4, -0.2) is 37.8 Å². The van der Waals surface area contributed by atoms with E-state index in [2.05, 4.69) is 25.7 Å². The van der Waals surface area contributed by atoms with Crippen molar-refractivity contribution in [3.05, 3.63) is 12.8 Å². The molecular formula is C6H15N2+. The van der Waals surface area contributed by atoms with Gasteiger partial charge < -0.3 is 0 Å². The Kier molecular flexibility index (Phi) is 2.19. The van der Waals surface area contributed by atoms with Crippen LogP contribution in [0.1, 0.15) is 0 Å². The molecule has 0 aliphatic heterocycles. The highest BCUT2D eigenvalue weighted by Gasteiger charge is 2.11. The number of quaternary nitrogens is 1. The summed E-state index contributed by atoms with van der Waals surface area (Å²) in [4.78, 5) is 0. The molecule has 0 heterocycles. The van der Waals surface area contributed by atoms with Gasteiger partial charge in [-0.1, -0.05) is 0 Å². The minimum absolute atomic E-state index is 0.722. The molecule has 0 unspecified atom stereocenters. The first kappa shape index (κ1) is 7.66. The summed E-state index contributed by atoms with van der Waals surface area (Å²) in [7, 11) is 8.16. The third-order valence-electron chi connectivity index (χ3n) is 1.48. The Bertz CT molecular complexity index is 84.5. The van der Waals surface area contributed by atoms with Gasteiger partial charge in [-0.05, 0) is 6.58 Å². The Balaban J connectivity index is 3.90. The van der Waals surface area contributed by atoms with E-state index in [1.54, 1.807) is 0 Å². The molecule has 0 bridgehead atoms. The van der Waals surface area contributed by atoms with E-state index in [1.165, 1.54) is 0 Å². The van der Waals surface area contributed by atoms with Crippen LogP contribution in [0.4, 0.5) is 0 Å². The average molecular weight is 115 g/mol. The van der Waals surface area contributed by atoms with Gasteiger partial charge in [-0.15, -0.1) is 0 Å². The molecule has 0 saturated heterocycles. The predicted octanol–water partition coefficient (Wildman–Crippen LogP) is 0.683. The van der Waals surface area contributed by atoms with Crippen LogP contribution >= 0.6 is 0 Å². The molecule has 0 saturated carbocycles. The van der Waals surface area contributed by atoms with Crippen molar-refractivity contribution < 1.29 is 4.59 Å². The van der Waals surface area contributed by atoms with Gasteiger partial charge in [0.25, 0.3) is 0 Å². The highest BCUT2D eigenvalue weighted by molar-refractivity contribution is 4.47. The molecule has 2 heteroatoms. The standard InChI is InChI=1S/C6H15N2/c1-6-8(4,5)7(2)3/h6H,1H2,2-5H3/q+1.